The van der Waals surface area contributed by atoms with Gasteiger partial charge < -0.3 is 4.74 Å². The molecule has 0 saturated heterocycles. The number of hydrogen-bond donors (Lipinski definition) is 1. The van der Waals surface area contributed by atoms with Crippen LogP contribution in [-0.4, -0.2) is 21.1 Å². The van der Waals surface area contributed by atoms with Crippen molar-refractivity contribution in [3.05, 3.63) is 60.2 Å². The lowest BCUT2D eigenvalue weighted by atomic mass is 10.2. The summed E-state index contributed by atoms with van der Waals surface area (Å²) < 4.78 is 27.8. The van der Waals surface area contributed by atoms with E-state index in [-0.39, 0.29) is 11.5 Å². The van der Waals surface area contributed by atoms with Crippen molar-refractivity contribution in [2.24, 2.45) is 5.14 Å². The number of amides is 1. The molecule has 2 aromatic carbocycles. The molecule has 0 saturated carbocycles. The summed E-state index contributed by atoms with van der Waals surface area (Å²) in [6.07, 6.45) is -0.500. The van der Waals surface area contributed by atoms with E-state index in [1.807, 2.05) is 30.3 Å². The molecule has 0 fully saturated rings. The normalized spacial score (nSPS) is 11.0. The van der Waals surface area contributed by atoms with Crippen molar-refractivity contribution < 1.29 is 17.9 Å². The van der Waals surface area contributed by atoms with Crippen LogP contribution in [-0.2, 0) is 21.4 Å². The number of sulfonamides is 1. The molecule has 122 valence electrons. The molecule has 0 bridgehead atoms. The van der Waals surface area contributed by atoms with Gasteiger partial charge in [0.2, 0.25) is 10.0 Å². The first-order valence-electron chi connectivity index (χ1n) is 7.03. The number of carbonyl (C=O) groups excluding carboxylic acids is 1. The summed E-state index contributed by atoms with van der Waals surface area (Å²) in [6, 6.07) is 15.1. The monoisotopic (exact) mass is 334 g/mol. The molecule has 6 nitrogen and oxygen atoms in total. The lowest BCUT2D eigenvalue weighted by molar-refractivity contribution is 0.147. The van der Waals surface area contributed by atoms with Crippen molar-refractivity contribution in [3.63, 3.8) is 0 Å². The summed E-state index contributed by atoms with van der Waals surface area (Å²) in [7, 11) is -3.75. The van der Waals surface area contributed by atoms with Gasteiger partial charge in [-0.2, -0.15) is 0 Å². The number of primary sulfonamides is 1. The Kier molecular flexibility index (Phi) is 5.36. The smallest absolute Gasteiger partial charge is 0.414 e. The summed E-state index contributed by atoms with van der Waals surface area (Å²) in [5, 5.41) is 5.05. The first-order chi connectivity index (χ1) is 10.9. The number of nitrogens with zero attached hydrogens (tertiary/aromatic N) is 1. The molecule has 2 N–H and O–H groups in total. The largest absolute Gasteiger partial charge is 0.444 e. The van der Waals surface area contributed by atoms with Crippen molar-refractivity contribution in [1.82, 2.24) is 0 Å². The van der Waals surface area contributed by atoms with Crippen molar-refractivity contribution in [1.29, 1.82) is 0 Å². The van der Waals surface area contributed by atoms with Gasteiger partial charge in [-0.25, -0.2) is 18.4 Å². The Labute approximate surface area is 135 Å². The molecule has 7 heteroatoms. The molecular weight excluding hydrogens is 316 g/mol. The Morgan fingerprint density at radius 1 is 1.09 bits per heavy atom. The van der Waals surface area contributed by atoms with Crippen LogP contribution in [0.1, 0.15) is 12.5 Å². The van der Waals surface area contributed by atoms with Gasteiger partial charge in [-0.3, -0.25) is 4.90 Å². The summed E-state index contributed by atoms with van der Waals surface area (Å²) in [6.45, 7) is 2.37. The predicted molar refractivity (Wildman–Crippen MR) is 87.5 cm³/mol. The fourth-order valence-corrected chi connectivity index (χ4v) is 2.55. The average molecular weight is 334 g/mol. The van der Waals surface area contributed by atoms with Gasteiger partial charge >= 0.3 is 6.09 Å². The van der Waals surface area contributed by atoms with Crippen LogP contribution in [0.25, 0.3) is 0 Å². The van der Waals surface area contributed by atoms with Crippen LogP contribution < -0.4 is 10.0 Å². The number of anilines is 1. The second kappa shape index (κ2) is 7.26. The highest BCUT2D eigenvalue weighted by Gasteiger charge is 2.16. The second-order valence-corrected chi connectivity index (χ2v) is 6.38. The van der Waals surface area contributed by atoms with Gasteiger partial charge in [-0.15, -0.1) is 0 Å². The second-order valence-electron chi connectivity index (χ2n) is 4.82. The van der Waals surface area contributed by atoms with E-state index >= 15 is 0 Å². The molecular formula is C16H18N2O4S. The van der Waals surface area contributed by atoms with Gasteiger partial charge in [-0.1, -0.05) is 30.3 Å². The average Bonchev–Trinajstić information content (AvgIpc) is 2.54. The quantitative estimate of drug-likeness (QED) is 0.909. The number of benzene rings is 2. The third kappa shape index (κ3) is 4.54. The van der Waals surface area contributed by atoms with Crippen LogP contribution in [0.15, 0.2) is 59.5 Å². The lowest BCUT2D eigenvalue weighted by Gasteiger charge is -2.20. The fraction of sp³-hybridized carbons (Fsp3) is 0.188. The van der Waals surface area contributed by atoms with Crippen molar-refractivity contribution >= 4 is 21.8 Å². The van der Waals surface area contributed by atoms with E-state index in [0.29, 0.717) is 12.2 Å². The van der Waals surface area contributed by atoms with Crippen LogP contribution >= 0.6 is 0 Å². The SMILES string of the molecule is CCN(C(=O)OCc1ccccc1)c1ccc(S(N)(=O)=O)cc1. The molecule has 0 atom stereocenters. The van der Waals surface area contributed by atoms with E-state index in [0.717, 1.165) is 5.56 Å². The molecule has 0 radical (unpaired) electrons. The highest BCUT2D eigenvalue weighted by molar-refractivity contribution is 7.89. The summed E-state index contributed by atoms with van der Waals surface area (Å²) >= 11 is 0. The molecule has 23 heavy (non-hydrogen) atoms. The number of rotatable bonds is 5. The predicted octanol–water partition coefficient (Wildman–Crippen LogP) is 2.50. The van der Waals surface area contributed by atoms with Gasteiger partial charge in [0.25, 0.3) is 0 Å². The molecule has 0 aliphatic carbocycles. The van der Waals surface area contributed by atoms with Crippen LogP contribution in [0, 0.1) is 0 Å². The third-order valence-corrected chi connectivity index (χ3v) is 4.15. The Morgan fingerprint density at radius 2 is 1.70 bits per heavy atom. The topological polar surface area (TPSA) is 89.7 Å². The molecule has 0 aliphatic rings. The Hall–Kier alpha value is -2.38. The van der Waals surface area contributed by atoms with Crippen molar-refractivity contribution in [3.8, 4) is 0 Å². The highest BCUT2D eigenvalue weighted by Crippen LogP contribution is 2.18. The molecule has 2 rings (SSSR count). The van der Waals surface area contributed by atoms with E-state index in [1.54, 1.807) is 6.92 Å². The van der Waals surface area contributed by atoms with Crippen molar-refractivity contribution in [2.75, 3.05) is 11.4 Å². The van der Waals surface area contributed by atoms with Gasteiger partial charge in [0, 0.05) is 12.2 Å². The molecule has 0 aromatic heterocycles. The number of hydrogen-bond acceptors (Lipinski definition) is 4. The van der Waals surface area contributed by atoms with E-state index < -0.39 is 16.1 Å². The van der Waals surface area contributed by atoms with Gasteiger partial charge in [-0.05, 0) is 36.8 Å². The maximum atomic E-state index is 12.2. The zero-order chi connectivity index (χ0) is 16.9. The summed E-state index contributed by atoms with van der Waals surface area (Å²) in [5.74, 6) is 0. The minimum Gasteiger partial charge on any atom is -0.444 e. The van der Waals surface area contributed by atoms with Crippen LogP contribution in [0.3, 0.4) is 0 Å². The molecule has 0 aliphatic heterocycles. The minimum atomic E-state index is -3.75. The first-order valence-corrected chi connectivity index (χ1v) is 8.57. The Balaban J connectivity index is 2.08. The summed E-state index contributed by atoms with van der Waals surface area (Å²) in [5.41, 5.74) is 1.43. The van der Waals surface area contributed by atoms with Crippen LogP contribution in [0.5, 0.6) is 0 Å². The number of carbonyl (C=O) groups is 1. The van der Waals surface area contributed by atoms with Crippen molar-refractivity contribution in [2.45, 2.75) is 18.4 Å². The van der Waals surface area contributed by atoms with Gasteiger partial charge in [0.05, 0.1) is 4.90 Å². The molecule has 0 unspecified atom stereocenters. The molecule has 0 heterocycles. The Bertz CT molecular complexity index is 758. The Morgan fingerprint density at radius 3 is 2.22 bits per heavy atom. The first kappa shape index (κ1) is 17.0. The highest BCUT2D eigenvalue weighted by atomic mass is 32.2. The maximum absolute atomic E-state index is 12.2. The summed E-state index contributed by atoms with van der Waals surface area (Å²) in [4.78, 5) is 13.6. The molecule has 1 amide bonds. The number of nitrogens with two attached hydrogens (primary N) is 1. The van der Waals surface area contributed by atoms with Crippen LogP contribution in [0.4, 0.5) is 10.5 Å². The van der Waals surface area contributed by atoms with E-state index in [4.69, 9.17) is 9.88 Å². The minimum absolute atomic E-state index is 0.00467. The van der Waals surface area contributed by atoms with E-state index in [1.165, 1.54) is 29.2 Å². The van der Waals surface area contributed by atoms with Gasteiger partial charge in [0.15, 0.2) is 0 Å². The molecule has 2 aromatic rings. The van der Waals surface area contributed by atoms with E-state index in [2.05, 4.69) is 0 Å². The standard InChI is InChI=1S/C16H18N2O4S/c1-2-18(14-8-10-15(11-9-14)23(17,20)21)16(19)22-12-13-6-4-3-5-7-13/h3-11H,2,12H2,1H3,(H2,17,20,21). The number of ether oxygens (including phenoxy) is 1. The maximum Gasteiger partial charge on any atom is 0.414 e. The van der Waals surface area contributed by atoms with Gasteiger partial charge in [0.1, 0.15) is 6.61 Å². The lowest BCUT2D eigenvalue weighted by Crippen LogP contribution is -2.31. The zero-order valence-corrected chi connectivity index (χ0v) is 13.5. The fourth-order valence-electron chi connectivity index (χ4n) is 2.03. The van der Waals surface area contributed by atoms with E-state index in [9.17, 15) is 13.2 Å². The third-order valence-electron chi connectivity index (χ3n) is 3.22. The molecule has 0 spiro atoms. The van der Waals surface area contributed by atoms with Crippen LogP contribution in [0.2, 0.25) is 0 Å². The zero-order valence-electron chi connectivity index (χ0n) is 12.7.